The van der Waals surface area contributed by atoms with Crippen LogP contribution < -0.4 is 0 Å². The molecule has 0 bridgehead atoms. The first-order valence-corrected chi connectivity index (χ1v) is 10.4. The summed E-state index contributed by atoms with van der Waals surface area (Å²) in [4.78, 5) is 24.0. The minimum Gasteiger partial charge on any atom is -0.481 e. The van der Waals surface area contributed by atoms with Crippen molar-refractivity contribution in [1.29, 1.82) is 0 Å². The molecular weight excluding hydrogens is 316 g/mol. The molecule has 0 spiro atoms. The van der Waals surface area contributed by atoms with Crippen molar-refractivity contribution >= 4 is 11.9 Å². The van der Waals surface area contributed by atoms with Crippen LogP contribution in [0, 0.1) is 17.8 Å². The number of carbonyl (C=O) groups is 2. The summed E-state index contributed by atoms with van der Waals surface area (Å²) in [5.74, 6) is -1.67. The molecule has 3 atom stereocenters. The van der Waals surface area contributed by atoms with Gasteiger partial charge in [0.25, 0.3) is 0 Å². The number of carbonyl (C=O) groups excluding carboxylic acids is 1. The lowest BCUT2D eigenvalue weighted by Crippen LogP contribution is -2.35. The molecule has 25 heavy (non-hydrogen) atoms. The van der Waals surface area contributed by atoms with E-state index in [1.165, 1.54) is 32.1 Å². The predicted octanol–water partition coefficient (Wildman–Crippen LogP) is 5.59. The van der Waals surface area contributed by atoms with Crippen molar-refractivity contribution in [3.05, 3.63) is 0 Å². The quantitative estimate of drug-likeness (QED) is 0.367. The molecule has 4 heteroatoms. The number of carboxylic acid groups (broad SMARTS) is 1. The molecule has 0 aliphatic heterocycles. The Labute approximate surface area is 153 Å². The number of rotatable bonds is 12. The first-order chi connectivity index (χ1) is 12.0. The molecule has 1 aliphatic rings. The number of unbranched alkanes of at least 4 members (excludes halogenated alkanes) is 5. The molecule has 146 valence electrons. The highest BCUT2D eigenvalue weighted by Crippen LogP contribution is 2.32. The number of aliphatic carboxylic acids is 1. The van der Waals surface area contributed by atoms with E-state index in [0.29, 0.717) is 18.8 Å². The van der Waals surface area contributed by atoms with Gasteiger partial charge < -0.3 is 9.84 Å². The maximum Gasteiger partial charge on any atom is 0.310 e. The van der Waals surface area contributed by atoms with Crippen LogP contribution in [0.5, 0.6) is 0 Å². The predicted molar refractivity (Wildman–Crippen MR) is 100 cm³/mol. The fourth-order valence-electron chi connectivity index (χ4n) is 3.86. The molecule has 1 aliphatic carbocycles. The highest BCUT2D eigenvalue weighted by atomic mass is 16.5. The van der Waals surface area contributed by atoms with Crippen LogP contribution in [0.25, 0.3) is 0 Å². The van der Waals surface area contributed by atoms with E-state index in [9.17, 15) is 14.7 Å². The minimum absolute atomic E-state index is 0.0601. The van der Waals surface area contributed by atoms with Gasteiger partial charge in [0.1, 0.15) is 6.10 Å². The SMILES string of the molecule is CCCCCCCCC(CC(C)C)OC(=O)C1CCCCC1C(=O)O. The molecule has 1 N–H and O–H groups in total. The lowest BCUT2D eigenvalue weighted by molar-refractivity contribution is -0.164. The van der Waals surface area contributed by atoms with Gasteiger partial charge in [-0.15, -0.1) is 0 Å². The molecule has 1 fully saturated rings. The smallest absolute Gasteiger partial charge is 0.310 e. The van der Waals surface area contributed by atoms with Gasteiger partial charge >= 0.3 is 11.9 Å². The lowest BCUT2D eigenvalue weighted by Gasteiger charge is -2.29. The zero-order valence-corrected chi connectivity index (χ0v) is 16.5. The third-order valence-corrected chi connectivity index (χ3v) is 5.28. The summed E-state index contributed by atoms with van der Waals surface area (Å²) in [6.07, 6.45) is 12.1. The summed E-state index contributed by atoms with van der Waals surface area (Å²) in [6.45, 7) is 6.50. The van der Waals surface area contributed by atoms with Gasteiger partial charge in [0, 0.05) is 0 Å². The van der Waals surface area contributed by atoms with Gasteiger partial charge in [-0.2, -0.15) is 0 Å². The molecule has 4 nitrogen and oxygen atoms in total. The van der Waals surface area contributed by atoms with Crippen molar-refractivity contribution in [3.8, 4) is 0 Å². The van der Waals surface area contributed by atoms with Crippen LogP contribution in [-0.2, 0) is 14.3 Å². The topological polar surface area (TPSA) is 63.6 Å². The van der Waals surface area contributed by atoms with Crippen LogP contribution in [0.4, 0.5) is 0 Å². The molecule has 0 heterocycles. The fraction of sp³-hybridized carbons (Fsp3) is 0.905. The second-order valence-electron chi connectivity index (χ2n) is 8.08. The second kappa shape index (κ2) is 12.3. The first kappa shape index (κ1) is 22.0. The zero-order valence-electron chi connectivity index (χ0n) is 16.5. The molecule has 0 aromatic heterocycles. The molecule has 3 unspecified atom stereocenters. The fourth-order valence-corrected chi connectivity index (χ4v) is 3.86. The van der Waals surface area contributed by atoms with Crippen LogP contribution in [-0.4, -0.2) is 23.1 Å². The summed E-state index contributed by atoms with van der Waals surface area (Å²) in [6, 6.07) is 0. The van der Waals surface area contributed by atoms with Crippen LogP contribution in [0.3, 0.4) is 0 Å². The monoisotopic (exact) mass is 354 g/mol. The Morgan fingerprint density at radius 3 is 2.20 bits per heavy atom. The van der Waals surface area contributed by atoms with Crippen LogP contribution in [0.2, 0.25) is 0 Å². The largest absolute Gasteiger partial charge is 0.481 e. The molecular formula is C21H38O4. The number of hydrogen-bond acceptors (Lipinski definition) is 3. The summed E-state index contributed by atoms with van der Waals surface area (Å²) in [7, 11) is 0. The third-order valence-electron chi connectivity index (χ3n) is 5.28. The molecule has 1 rings (SSSR count). The molecule has 0 radical (unpaired) electrons. The van der Waals surface area contributed by atoms with Crippen LogP contribution in [0.1, 0.15) is 97.8 Å². The van der Waals surface area contributed by atoms with Crippen LogP contribution in [0.15, 0.2) is 0 Å². The Balaban J connectivity index is 2.49. The van der Waals surface area contributed by atoms with Crippen molar-refractivity contribution < 1.29 is 19.4 Å². The van der Waals surface area contributed by atoms with E-state index < -0.39 is 17.8 Å². The number of hydrogen-bond donors (Lipinski definition) is 1. The summed E-state index contributed by atoms with van der Waals surface area (Å²) < 4.78 is 5.81. The number of carboxylic acids is 1. The zero-order chi connectivity index (χ0) is 18.7. The van der Waals surface area contributed by atoms with Crippen molar-refractivity contribution in [2.24, 2.45) is 17.8 Å². The molecule has 0 aromatic carbocycles. The van der Waals surface area contributed by atoms with Gasteiger partial charge in [-0.1, -0.05) is 65.7 Å². The van der Waals surface area contributed by atoms with Crippen molar-refractivity contribution in [2.45, 2.75) is 104 Å². The van der Waals surface area contributed by atoms with Crippen LogP contribution >= 0.6 is 0 Å². The van der Waals surface area contributed by atoms with Gasteiger partial charge in [0.05, 0.1) is 11.8 Å². The Bertz CT molecular complexity index is 391. The molecule has 0 saturated heterocycles. The standard InChI is InChI=1S/C21H38O4/c1-4-5-6-7-8-9-12-17(15-16(2)3)25-21(24)19-14-11-10-13-18(19)20(22)23/h16-19H,4-15H2,1-3H3,(H,22,23). The van der Waals surface area contributed by atoms with E-state index in [1.807, 2.05) is 0 Å². The first-order valence-electron chi connectivity index (χ1n) is 10.4. The Kier molecular flexibility index (Phi) is 10.8. The van der Waals surface area contributed by atoms with Gasteiger partial charge in [0.2, 0.25) is 0 Å². The third kappa shape index (κ3) is 8.73. The van der Waals surface area contributed by atoms with Gasteiger partial charge in [-0.25, -0.2) is 0 Å². The van der Waals surface area contributed by atoms with Crippen molar-refractivity contribution in [1.82, 2.24) is 0 Å². The van der Waals surface area contributed by atoms with E-state index >= 15 is 0 Å². The maximum atomic E-state index is 12.6. The van der Waals surface area contributed by atoms with E-state index in [4.69, 9.17) is 4.74 Å². The van der Waals surface area contributed by atoms with Gasteiger partial charge in [0.15, 0.2) is 0 Å². The molecule has 1 saturated carbocycles. The highest BCUT2D eigenvalue weighted by Gasteiger charge is 2.37. The van der Waals surface area contributed by atoms with Gasteiger partial charge in [-0.3, -0.25) is 9.59 Å². The van der Waals surface area contributed by atoms with Crippen molar-refractivity contribution in [2.75, 3.05) is 0 Å². The summed E-state index contributed by atoms with van der Waals surface area (Å²) in [5.41, 5.74) is 0. The van der Waals surface area contributed by atoms with Crippen molar-refractivity contribution in [3.63, 3.8) is 0 Å². The summed E-state index contributed by atoms with van der Waals surface area (Å²) >= 11 is 0. The normalized spacial score (nSPS) is 21.9. The average Bonchev–Trinajstić information content (AvgIpc) is 2.57. The van der Waals surface area contributed by atoms with E-state index in [1.54, 1.807) is 0 Å². The average molecular weight is 355 g/mol. The Hall–Kier alpha value is -1.06. The molecule has 0 amide bonds. The number of ether oxygens (including phenoxy) is 1. The summed E-state index contributed by atoms with van der Waals surface area (Å²) in [5, 5.41) is 9.37. The Morgan fingerprint density at radius 2 is 1.60 bits per heavy atom. The van der Waals surface area contributed by atoms with E-state index in [2.05, 4.69) is 20.8 Å². The second-order valence-corrected chi connectivity index (χ2v) is 8.08. The van der Waals surface area contributed by atoms with E-state index in [0.717, 1.165) is 32.1 Å². The maximum absolute atomic E-state index is 12.6. The minimum atomic E-state index is -0.849. The lowest BCUT2D eigenvalue weighted by atomic mass is 9.79. The Morgan fingerprint density at radius 1 is 1.00 bits per heavy atom. The molecule has 0 aromatic rings. The van der Waals surface area contributed by atoms with Gasteiger partial charge in [-0.05, 0) is 38.0 Å². The number of esters is 1. The van der Waals surface area contributed by atoms with E-state index in [-0.39, 0.29) is 12.1 Å². The highest BCUT2D eigenvalue weighted by molar-refractivity contribution is 5.81.